The third kappa shape index (κ3) is 3.90. The van der Waals surface area contributed by atoms with Crippen LogP contribution >= 0.6 is 11.8 Å². The largest absolute Gasteiger partial charge is 0.313 e. The zero-order valence-electron chi connectivity index (χ0n) is 9.01. The lowest BCUT2D eigenvalue weighted by Crippen LogP contribution is -2.40. The highest BCUT2D eigenvalue weighted by molar-refractivity contribution is 7.99. The van der Waals surface area contributed by atoms with E-state index in [1.165, 1.54) is 37.9 Å². The predicted octanol–water partition coefficient (Wildman–Crippen LogP) is 3.05. The van der Waals surface area contributed by atoms with Crippen LogP contribution in [0.4, 0.5) is 0 Å². The maximum absolute atomic E-state index is 3.62. The Morgan fingerprint density at radius 3 is 2.69 bits per heavy atom. The maximum Gasteiger partial charge on any atom is 0.0201 e. The van der Waals surface area contributed by atoms with Crippen LogP contribution in [0.2, 0.25) is 0 Å². The highest BCUT2D eigenvalue weighted by Gasteiger charge is 2.23. The van der Waals surface area contributed by atoms with Crippen molar-refractivity contribution in [1.82, 2.24) is 5.32 Å². The van der Waals surface area contributed by atoms with Crippen molar-refractivity contribution in [2.24, 2.45) is 0 Å². The minimum Gasteiger partial charge on any atom is -0.313 e. The van der Waals surface area contributed by atoms with Gasteiger partial charge in [0, 0.05) is 11.3 Å². The summed E-state index contributed by atoms with van der Waals surface area (Å²) in [5.41, 5.74) is 0. The Kier molecular flexibility index (Phi) is 5.88. The third-order valence-electron chi connectivity index (χ3n) is 2.70. The molecule has 1 nitrogen and oxygen atoms in total. The fourth-order valence-electron chi connectivity index (χ4n) is 2.06. The Labute approximate surface area is 87.1 Å². The van der Waals surface area contributed by atoms with Crippen LogP contribution in [0.25, 0.3) is 0 Å². The zero-order chi connectivity index (χ0) is 9.52. The van der Waals surface area contributed by atoms with Crippen molar-refractivity contribution >= 4 is 11.8 Å². The van der Waals surface area contributed by atoms with E-state index in [0.717, 1.165) is 17.8 Å². The van der Waals surface area contributed by atoms with E-state index in [1.54, 1.807) is 0 Å². The van der Waals surface area contributed by atoms with Gasteiger partial charge in [0.15, 0.2) is 0 Å². The van der Waals surface area contributed by atoms with Gasteiger partial charge >= 0.3 is 0 Å². The van der Waals surface area contributed by atoms with E-state index in [2.05, 4.69) is 30.9 Å². The summed E-state index contributed by atoms with van der Waals surface area (Å²) in [6, 6.07) is 0.801. The van der Waals surface area contributed by atoms with Gasteiger partial charge in [-0.15, -0.1) is 0 Å². The average molecular weight is 201 g/mol. The Morgan fingerprint density at radius 2 is 2.00 bits per heavy atom. The maximum atomic E-state index is 3.62. The Balaban J connectivity index is 2.28. The summed E-state index contributed by atoms with van der Waals surface area (Å²) in [6.07, 6.45) is 7.03. The highest BCUT2D eigenvalue weighted by Crippen LogP contribution is 2.28. The molecule has 1 aliphatic carbocycles. The van der Waals surface area contributed by atoms with E-state index in [9.17, 15) is 0 Å². The molecule has 1 N–H and O–H groups in total. The average Bonchev–Trinajstić information content (AvgIpc) is 2.17. The first-order chi connectivity index (χ1) is 6.38. The van der Waals surface area contributed by atoms with Gasteiger partial charge in [-0.05, 0) is 31.6 Å². The summed E-state index contributed by atoms with van der Waals surface area (Å²) in [6.45, 7) is 5.63. The van der Waals surface area contributed by atoms with Crippen molar-refractivity contribution in [3.63, 3.8) is 0 Å². The molecule has 0 saturated heterocycles. The molecule has 0 aliphatic heterocycles. The molecule has 2 atom stereocenters. The summed E-state index contributed by atoms with van der Waals surface area (Å²) >= 11 is 2.18. The molecule has 0 aromatic heterocycles. The van der Waals surface area contributed by atoms with Crippen LogP contribution in [-0.4, -0.2) is 23.6 Å². The van der Waals surface area contributed by atoms with Gasteiger partial charge in [0.25, 0.3) is 0 Å². The van der Waals surface area contributed by atoms with E-state index in [4.69, 9.17) is 0 Å². The summed E-state index contributed by atoms with van der Waals surface area (Å²) < 4.78 is 0. The smallest absolute Gasteiger partial charge is 0.0201 e. The lowest BCUT2D eigenvalue weighted by molar-refractivity contribution is 0.391. The Bertz CT molecular complexity index is 125. The number of hydrogen-bond donors (Lipinski definition) is 1. The molecule has 2 unspecified atom stereocenters. The van der Waals surface area contributed by atoms with Crippen LogP contribution in [0.1, 0.15) is 46.0 Å². The molecule has 0 aromatic rings. The SMILES string of the molecule is CCCSC1CCCCC1NCC. The van der Waals surface area contributed by atoms with Crippen LogP contribution in [0.3, 0.4) is 0 Å². The normalized spacial score (nSPS) is 29.1. The zero-order valence-corrected chi connectivity index (χ0v) is 9.83. The van der Waals surface area contributed by atoms with Crippen LogP contribution in [-0.2, 0) is 0 Å². The second-order valence-electron chi connectivity index (χ2n) is 3.86. The molecule has 78 valence electrons. The number of thioether (sulfide) groups is 1. The molecule has 1 fully saturated rings. The summed E-state index contributed by atoms with van der Waals surface area (Å²) in [5.74, 6) is 1.34. The van der Waals surface area contributed by atoms with Crippen molar-refractivity contribution in [3.05, 3.63) is 0 Å². The van der Waals surface area contributed by atoms with Crippen molar-refractivity contribution in [1.29, 1.82) is 0 Å². The van der Waals surface area contributed by atoms with E-state index >= 15 is 0 Å². The quantitative estimate of drug-likeness (QED) is 0.734. The lowest BCUT2D eigenvalue weighted by atomic mass is 9.95. The first kappa shape index (κ1) is 11.4. The molecule has 0 amide bonds. The van der Waals surface area contributed by atoms with Crippen molar-refractivity contribution in [3.8, 4) is 0 Å². The molecule has 0 aromatic carbocycles. The summed E-state index contributed by atoms with van der Waals surface area (Å²) in [4.78, 5) is 0. The molecule has 1 saturated carbocycles. The van der Waals surface area contributed by atoms with Gasteiger partial charge in [0.2, 0.25) is 0 Å². The molecule has 0 heterocycles. The summed E-state index contributed by atoms with van der Waals surface area (Å²) in [7, 11) is 0. The molecule has 0 spiro atoms. The fraction of sp³-hybridized carbons (Fsp3) is 1.00. The minimum atomic E-state index is 0.801. The molecule has 2 heteroatoms. The minimum absolute atomic E-state index is 0.801. The van der Waals surface area contributed by atoms with Crippen LogP contribution in [0, 0.1) is 0 Å². The van der Waals surface area contributed by atoms with Crippen LogP contribution in [0.15, 0.2) is 0 Å². The van der Waals surface area contributed by atoms with Gasteiger partial charge in [-0.1, -0.05) is 26.7 Å². The van der Waals surface area contributed by atoms with Crippen molar-refractivity contribution < 1.29 is 0 Å². The third-order valence-corrected chi connectivity index (χ3v) is 4.34. The van der Waals surface area contributed by atoms with Gasteiger partial charge in [-0.25, -0.2) is 0 Å². The number of hydrogen-bond acceptors (Lipinski definition) is 2. The van der Waals surface area contributed by atoms with Gasteiger partial charge in [-0.2, -0.15) is 11.8 Å². The molecular formula is C11H23NS. The number of nitrogens with one attached hydrogen (secondary N) is 1. The number of rotatable bonds is 5. The Morgan fingerprint density at radius 1 is 1.23 bits per heavy atom. The molecular weight excluding hydrogens is 178 g/mol. The second kappa shape index (κ2) is 6.72. The fourth-order valence-corrected chi connectivity index (χ4v) is 3.40. The molecule has 0 bridgehead atoms. The van der Waals surface area contributed by atoms with Crippen molar-refractivity contribution in [2.45, 2.75) is 57.2 Å². The first-order valence-corrected chi connectivity index (χ1v) is 6.78. The topological polar surface area (TPSA) is 12.0 Å². The van der Waals surface area contributed by atoms with E-state index in [0.29, 0.717) is 0 Å². The molecule has 0 radical (unpaired) electrons. The molecule has 1 rings (SSSR count). The van der Waals surface area contributed by atoms with E-state index < -0.39 is 0 Å². The van der Waals surface area contributed by atoms with Crippen LogP contribution in [0.5, 0.6) is 0 Å². The monoisotopic (exact) mass is 201 g/mol. The van der Waals surface area contributed by atoms with E-state index in [1.807, 2.05) is 0 Å². The van der Waals surface area contributed by atoms with Gasteiger partial charge in [0.05, 0.1) is 0 Å². The second-order valence-corrected chi connectivity index (χ2v) is 5.20. The highest BCUT2D eigenvalue weighted by atomic mass is 32.2. The van der Waals surface area contributed by atoms with Gasteiger partial charge in [0.1, 0.15) is 0 Å². The molecule has 13 heavy (non-hydrogen) atoms. The lowest BCUT2D eigenvalue weighted by Gasteiger charge is -2.31. The van der Waals surface area contributed by atoms with Crippen molar-refractivity contribution in [2.75, 3.05) is 12.3 Å². The Hall–Kier alpha value is 0.310. The standard InChI is InChI=1S/C11H23NS/c1-3-9-13-11-8-6-5-7-10(11)12-4-2/h10-12H,3-9H2,1-2H3. The van der Waals surface area contributed by atoms with Crippen LogP contribution < -0.4 is 5.32 Å². The predicted molar refractivity (Wildman–Crippen MR) is 62.5 cm³/mol. The van der Waals surface area contributed by atoms with E-state index in [-0.39, 0.29) is 0 Å². The van der Waals surface area contributed by atoms with Gasteiger partial charge in [-0.3, -0.25) is 0 Å². The summed E-state index contributed by atoms with van der Waals surface area (Å²) in [5, 5.41) is 4.52. The van der Waals surface area contributed by atoms with Gasteiger partial charge < -0.3 is 5.32 Å². The molecule has 1 aliphatic rings. The first-order valence-electron chi connectivity index (χ1n) is 5.73.